The van der Waals surface area contributed by atoms with Crippen LogP contribution in [-0.4, -0.2) is 96.5 Å². The molecule has 2 fully saturated rings. The Morgan fingerprint density at radius 1 is 1.21 bits per heavy atom. The van der Waals surface area contributed by atoms with Crippen LogP contribution < -0.4 is 15.4 Å². The summed E-state index contributed by atoms with van der Waals surface area (Å²) in [6.45, 7) is 8.32. The van der Waals surface area contributed by atoms with E-state index in [0.29, 0.717) is 43.8 Å². The standard InChI is InChI=1S/C25H30N8O3S.CH4S/c1-16-18(15-31-5-7-32(8-6-31)20(34)3-4-26)22-23(37-16)21(17-13-19(27)24(35-2)28-14-17)29-25(30-22)33-9-11-36-12-10-33;1-2/h13-14H,3,5-12,15,27H2,1-2H3;2H,1H3. The second-order valence-electron chi connectivity index (χ2n) is 9.10. The summed E-state index contributed by atoms with van der Waals surface area (Å²) in [4.78, 5) is 34.0. The Bertz CT molecular complexity index is 1350. The molecule has 0 bridgehead atoms. The van der Waals surface area contributed by atoms with Crippen LogP contribution in [0.3, 0.4) is 0 Å². The summed E-state index contributed by atoms with van der Waals surface area (Å²) in [6, 6.07) is 3.80. The molecule has 39 heavy (non-hydrogen) atoms. The van der Waals surface area contributed by atoms with Crippen molar-refractivity contribution >= 4 is 51.7 Å². The smallest absolute Gasteiger partial charge is 0.236 e. The topological polar surface area (TPSA) is 134 Å². The molecule has 13 heteroatoms. The number of nitriles is 1. The van der Waals surface area contributed by atoms with E-state index in [4.69, 9.17) is 30.4 Å². The molecule has 0 aliphatic carbocycles. The molecule has 2 aliphatic rings. The van der Waals surface area contributed by atoms with Gasteiger partial charge in [0.1, 0.15) is 6.42 Å². The van der Waals surface area contributed by atoms with Crippen molar-refractivity contribution in [2.24, 2.45) is 0 Å². The Hall–Kier alpha value is -3.18. The zero-order valence-corrected chi connectivity index (χ0v) is 24.2. The number of nitrogens with two attached hydrogens (primary N) is 1. The third-order valence-corrected chi connectivity index (χ3v) is 7.94. The number of thiophene rings is 1. The molecule has 5 rings (SSSR count). The zero-order valence-electron chi connectivity index (χ0n) is 22.5. The fourth-order valence-corrected chi connectivity index (χ4v) is 5.85. The predicted octanol–water partition coefficient (Wildman–Crippen LogP) is 2.59. The van der Waals surface area contributed by atoms with Gasteiger partial charge in [-0.1, -0.05) is 0 Å². The quantitative estimate of drug-likeness (QED) is 0.426. The van der Waals surface area contributed by atoms with Crippen LogP contribution in [0.4, 0.5) is 11.6 Å². The van der Waals surface area contributed by atoms with Crippen molar-refractivity contribution in [1.82, 2.24) is 24.8 Å². The van der Waals surface area contributed by atoms with Crippen molar-refractivity contribution in [2.75, 3.05) is 76.5 Å². The van der Waals surface area contributed by atoms with Gasteiger partial charge in [-0.25, -0.2) is 15.0 Å². The van der Waals surface area contributed by atoms with E-state index >= 15 is 0 Å². The molecule has 0 aromatic carbocycles. The number of fused-ring (bicyclic) bond motifs is 1. The number of piperazine rings is 1. The number of methoxy groups -OCH3 is 1. The molecular weight excluding hydrogens is 536 g/mol. The maximum absolute atomic E-state index is 12.1. The van der Waals surface area contributed by atoms with Crippen LogP contribution in [0.25, 0.3) is 21.5 Å². The first-order chi connectivity index (χ1) is 19.0. The molecule has 0 spiro atoms. The third-order valence-electron chi connectivity index (χ3n) is 6.80. The van der Waals surface area contributed by atoms with Crippen LogP contribution >= 0.6 is 24.0 Å². The molecule has 208 valence electrons. The van der Waals surface area contributed by atoms with E-state index in [1.165, 1.54) is 10.4 Å². The van der Waals surface area contributed by atoms with Crippen LogP contribution in [0.1, 0.15) is 16.9 Å². The Morgan fingerprint density at radius 3 is 2.56 bits per heavy atom. The van der Waals surface area contributed by atoms with E-state index in [-0.39, 0.29) is 12.3 Å². The maximum Gasteiger partial charge on any atom is 0.236 e. The highest BCUT2D eigenvalue weighted by molar-refractivity contribution is 7.79. The first-order valence-corrected chi connectivity index (χ1v) is 14.4. The van der Waals surface area contributed by atoms with Crippen LogP contribution in [-0.2, 0) is 16.1 Å². The normalized spacial score (nSPS) is 16.0. The lowest BCUT2D eigenvalue weighted by atomic mass is 10.1. The number of nitrogen functional groups attached to an aromatic ring is 1. The van der Waals surface area contributed by atoms with Crippen molar-refractivity contribution < 1.29 is 14.3 Å². The number of carbonyl (C=O) groups is 1. The number of amides is 1. The number of aromatic nitrogens is 3. The molecular formula is C26H34N8O3S2. The average Bonchev–Trinajstić information content (AvgIpc) is 3.29. The van der Waals surface area contributed by atoms with Crippen LogP contribution in [0, 0.1) is 18.3 Å². The number of hydrogen-bond donors (Lipinski definition) is 2. The Balaban J connectivity index is 0.00000172. The van der Waals surface area contributed by atoms with Gasteiger partial charge in [0.25, 0.3) is 0 Å². The fraction of sp³-hybridized carbons (Fsp3) is 0.500. The molecule has 0 unspecified atom stereocenters. The first kappa shape index (κ1) is 28.8. The van der Waals surface area contributed by atoms with E-state index in [0.717, 1.165) is 54.2 Å². The summed E-state index contributed by atoms with van der Waals surface area (Å²) < 4.78 is 11.8. The number of thiol groups is 1. The van der Waals surface area contributed by atoms with E-state index in [1.54, 1.807) is 35.8 Å². The highest BCUT2D eigenvalue weighted by atomic mass is 32.1. The zero-order chi connectivity index (χ0) is 27.9. The summed E-state index contributed by atoms with van der Waals surface area (Å²) >= 11 is 5.20. The van der Waals surface area contributed by atoms with Gasteiger partial charge in [0.2, 0.25) is 17.7 Å². The summed E-state index contributed by atoms with van der Waals surface area (Å²) in [6.07, 6.45) is 3.37. The van der Waals surface area contributed by atoms with Crippen LogP contribution in [0.15, 0.2) is 12.3 Å². The van der Waals surface area contributed by atoms with Crippen LogP contribution in [0.5, 0.6) is 5.88 Å². The van der Waals surface area contributed by atoms with E-state index < -0.39 is 0 Å². The van der Waals surface area contributed by atoms with Gasteiger partial charge in [-0.15, -0.1) is 11.3 Å². The minimum Gasteiger partial charge on any atom is -0.480 e. The van der Waals surface area contributed by atoms with Crippen molar-refractivity contribution in [1.29, 1.82) is 5.26 Å². The Kier molecular flexibility index (Phi) is 9.79. The van der Waals surface area contributed by atoms with Gasteiger partial charge >= 0.3 is 0 Å². The minimum absolute atomic E-state index is 0.0664. The molecule has 0 atom stereocenters. The third kappa shape index (κ3) is 6.36. The van der Waals surface area contributed by atoms with Crippen LogP contribution in [0.2, 0.25) is 0 Å². The molecule has 0 saturated carbocycles. The number of morpholine rings is 1. The van der Waals surface area contributed by atoms with Crippen molar-refractivity contribution in [3.63, 3.8) is 0 Å². The highest BCUT2D eigenvalue weighted by Crippen LogP contribution is 2.39. The lowest BCUT2D eigenvalue weighted by Gasteiger charge is -2.34. The minimum atomic E-state index is -0.0979. The summed E-state index contributed by atoms with van der Waals surface area (Å²) in [7, 11) is 1.55. The van der Waals surface area contributed by atoms with Gasteiger partial charge in [0.15, 0.2) is 0 Å². The summed E-state index contributed by atoms with van der Waals surface area (Å²) in [5, 5.41) is 8.84. The van der Waals surface area contributed by atoms with Crippen molar-refractivity contribution in [3.05, 3.63) is 22.7 Å². The lowest BCUT2D eigenvalue weighted by molar-refractivity contribution is -0.131. The number of aryl methyl sites for hydroxylation is 1. The van der Waals surface area contributed by atoms with Crippen molar-refractivity contribution in [2.45, 2.75) is 19.9 Å². The average molecular weight is 571 g/mol. The molecule has 5 heterocycles. The molecule has 0 radical (unpaired) electrons. The largest absolute Gasteiger partial charge is 0.480 e. The highest BCUT2D eigenvalue weighted by Gasteiger charge is 2.25. The van der Waals surface area contributed by atoms with E-state index in [9.17, 15) is 4.79 Å². The maximum atomic E-state index is 12.1. The number of carbonyl (C=O) groups excluding carboxylic acids is 1. The molecule has 2 saturated heterocycles. The second kappa shape index (κ2) is 13.3. The second-order valence-corrected chi connectivity index (χ2v) is 10.3. The van der Waals surface area contributed by atoms with Crippen molar-refractivity contribution in [3.8, 4) is 23.2 Å². The fourth-order valence-electron chi connectivity index (χ4n) is 4.74. The number of pyridine rings is 1. The molecule has 2 aliphatic heterocycles. The number of ether oxygens (including phenoxy) is 2. The summed E-state index contributed by atoms with van der Waals surface area (Å²) in [5.74, 6) is 0.961. The predicted molar refractivity (Wildman–Crippen MR) is 156 cm³/mol. The van der Waals surface area contributed by atoms with Gasteiger partial charge in [-0.3, -0.25) is 9.69 Å². The van der Waals surface area contributed by atoms with Gasteiger partial charge in [0, 0.05) is 68.0 Å². The Morgan fingerprint density at radius 2 is 1.92 bits per heavy atom. The monoisotopic (exact) mass is 570 g/mol. The van der Waals surface area contributed by atoms with Gasteiger partial charge in [-0.2, -0.15) is 17.9 Å². The van der Waals surface area contributed by atoms with E-state index in [1.807, 2.05) is 12.1 Å². The number of anilines is 2. The Labute approximate surface area is 237 Å². The number of hydrogen-bond acceptors (Lipinski definition) is 12. The van der Waals surface area contributed by atoms with Gasteiger partial charge in [0.05, 0.1) is 48.0 Å². The lowest BCUT2D eigenvalue weighted by Crippen LogP contribution is -2.48. The van der Waals surface area contributed by atoms with Gasteiger partial charge < -0.3 is 25.0 Å². The number of nitrogens with zero attached hydrogens (tertiary/aromatic N) is 7. The molecule has 11 nitrogen and oxygen atoms in total. The molecule has 3 aromatic rings. The molecule has 2 N–H and O–H groups in total. The molecule has 1 amide bonds. The first-order valence-electron chi connectivity index (χ1n) is 12.7. The number of rotatable bonds is 6. The molecule has 3 aromatic heterocycles. The van der Waals surface area contributed by atoms with Gasteiger partial charge in [-0.05, 0) is 19.2 Å². The van der Waals surface area contributed by atoms with E-state index in [2.05, 4.69) is 34.3 Å². The SMILES string of the molecule is COc1ncc(-c2nc(N3CCOCC3)nc3c(CN4CCN(C(=O)CC#N)CC4)c(C)sc23)cc1N.CS. The summed E-state index contributed by atoms with van der Waals surface area (Å²) in [5.41, 5.74) is 10.4.